The summed E-state index contributed by atoms with van der Waals surface area (Å²) in [5.41, 5.74) is 6.19. The Kier molecular flexibility index (Phi) is 5.76. The molecule has 1 saturated carbocycles. The molecule has 5 heterocycles. The molecule has 1 aliphatic heterocycles. The Bertz CT molecular complexity index is 1620. The Morgan fingerprint density at radius 3 is 2.68 bits per heavy atom. The van der Waals surface area contributed by atoms with Gasteiger partial charge in [-0.2, -0.15) is 5.10 Å². The summed E-state index contributed by atoms with van der Waals surface area (Å²) in [7, 11) is 0. The molecule has 0 bridgehead atoms. The molecule has 192 valence electrons. The number of amides is 1. The average molecular weight is 507 g/mol. The Morgan fingerprint density at radius 2 is 1.82 bits per heavy atom. The standard InChI is InChI=1S/C29H30N8O/c38-29(18-6-2-3-7-18)32-21-14-20(16-30-17-21)19-8-9-23-22(15-19)25(36-35-23)27-33-24-10-11-31-28(26(24)34-27)37-12-4-1-5-13-37/h8-11,14-18H,1-7,12-13H2,(H,32,38)(H,33,34)(H,35,36). The average Bonchev–Trinajstić information content (AvgIpc) is 3.73. The number of nitrogens with one attached hydrogen (secondary N) is 3. The van der Waals surface area contributed by atoms with Gasteiger partial charge in [0, 0.05) is 42.4 Å². The van der Waals surface area contributed by atoms with Crippen molar-refractivity contribution in [2.45, 2.75) is 44.9 Å². The van der Waals surface area contributed by atoms with Crippen molar-refractivity contribution >= 4 is 39.3 Å². The minimum absolute atomic E-state index is 0.0947. The molecule has 7 rings (SSSR count). The van der Waals surface area contributed by atoms with Gasteiger partial charge in [-0.1, -0.05) is 18.9 Å². The number of pyridine rings is 2. The first kappa shape index (κ1) is 22.9. The van der Waals surface area contributed by atoms with Crippen LogP contribution in [-0.2, 0) is 4.79 Å². The van der Waals surface area contributed by atoms with E-state index in [9.17, 15) is 4.79 Å². The quantitative estimate of drug-likeness (QED) is 0.282. The van der Waals surface area contributed by atoms with Crippen molar-refractivity contribution in [3.05, 3.63) is 48.9 Å². The molecule has 9 nitrogen and oxygen atoms in total. The van der Waals surface area contributed by atoms with Gasteiger partial charge >= 0.3 is 0 Å². The Hall–Kier alpha value is -4.27. The second-order valence-corrected chi connectivity index (χ2v) is 10.4. The van der Waals surface area contributed by atoms with Gasteiger partial charge in [0.2, 0.25) is 5.91 Å². The highest BCUT2D eigenvalue weighted by atomic mass is 16.1. The van der Waals surface area contributed by atoms with E-state index in [2.05, 4.69) is 41.4 Å². The fraction of sp³-hybridized carbons (Fsp3) is 0.345. The summed E-state index contributed by atoms with van der Waals surface area (Å²) < 4.78 is 0. The number of nitrogens with zero attached hydrogens (tertiary/aromatic N) is 5. The topological polar surface area (TPSA) is 115 Å². The summed E-state index contributed by atoms with van der Waals surface area (Å²) in [6.45, 7) is 2.02. The smallest absolute Gasteiger partial charge is 0.227 e. The van der Waals surface area contributed by atoms with Crippen molar-refractivity contribution in [2.24, 2.45) is 5.92 Å². The molecule has 0 unspecified atom stereocenters. The molecule has 2 aliphatic rings. The van der Waals surface area contributed by atoms with Crippen molar-refractivity contribution < 1.29 is 4.79 Å². The predicted molar refractivity (Wildman–Crippen MR) is 149 cm³/mol. The number of carbonyl (C=O) groups excluding carboxylic acids is 1. The number of piperidine rings is 1. The van der Waals surface area contributed by atoms with Crippen LogP contribution < -0.4 is 10.2 Å². The van der Waals surface area contributed by atoms with Crippen LogP contribution in [0.4, 0.5) is 11.5 Å². The fourth-order valence-electron chi connectivity index (χ4n) is 5.84. The van der Waals surface area contributed by atoms with Crippen LogP contribution in [0.2, 0.25) is 0 Å². The van der Waals surface area contributed by atoms with Gasteiger partial charge in [-0.05, 0) is 61.9 Å². The summed E-state index contributed by atoms with van der Waals surface area (Å²) in [5.74, 6) is 1.85. The predicted octanol–water partition coefficient (Wildman–Crippen LogP) is 5.68. The first-order valence-electron chi connectivity index (χ1n) is 13.6. The summed E-state index contributed by atoms with van der Waals surface area (Å²) in [4.78, 5) is 32.5. The Balaban J connectivity index is 1.22. The van der Waals surface area contributed by atoms with Crippen LogP contribution in [0, 0.1) is 5.92 Å². The molecule has 2 fully saturated rings. The maximum absolute atomic E-state index is 12.6. The van der Waals surface area contributed by atoms with Crippen molar-refractivity contribution in [1.29, 1.82) is 0 Å². The largest absolute Gasteiger partial charge is 0.355 e. The van der Waals surface area contributed by atoms with Gasteiger partial charge < -0.3 is 15.2 Å². The van der Waals surface area contributed by atoms with E-state index in [-0.39, 0.29) is 11.8 Å². The number of rotatable bonds is 5. The van der Waals surface area contributed by atoms with Gasteiger partial charge in [0.05, 0.1) is 22.9 Å². The van der Waals surface area contributed by atoms with Crippen molar-refractivity contribution in [2.75, 3.05) is 23.3 Å². The monoisotopic (exact) mass is 506 g/mol. The van der Waals surface area contributed by atoms with Gasteiger partial charge in [0.25, 0.3) is 0 Å². The Morgan fingerprint density at radius 1 is 0.947 bits per heavy atom. The molecule has 1 aliphatic carbocycles. The Labute approximate surface area is 220 Å². The number of anilines is 2. The van der Waals surface area contributed by atoms with Gasteiger partial charge in [0.1, 0.15) is 11.2 Å². The normalized spacial score (nSPS) is 16.5. The third-order valence-electron chi connectivity index (χ3n) is 7.89. The van der Waals surface area contributed by atoms with E-state index in [4.69, 9.17) is 4.98 Å². The van der Waals surface area contributed by atoms with Crippen LogP contribution in [0.15, 0.2) is 48.9 Å². The molecule has 5 aromatic rings. The summed E-state index contributed by atoms with van der Waals surface area (Å²) >= 11 is 0. The van der Waals surface area contributed by atoms with Crippen LogP contribution >= 0.6 is 0 Å². The van der Waals surface area contributed by atoms with E-state index in [1.807, 2.05) is 36.7 Å². The third-order valence-corrected chi connectivity index (χ3v) is 7.89. The SMILES string of the molecule is O=C(Nc1cncc(-c2ccc3[nH]nc(-c4nc5c(N6CCCCC6)nccc5[nH]4)c3c2)c1)C1CCCC1. The first-order valence-corrected chi connectivity index (χ1v) is 13.6. The minimum Gasteiger partial charge on any atom is -0.355 e. The minimum atomic E-state index is 0.0947. The molecule has 0 radical (unpaired) electrons. The number of benzene rings is 1. The van der Waals surface area contributed by atoms with Crippen LogP contribution in [-0.4, -0.2) is 49.1 Å². The number of aromatic nitrogens is 6. The number of aromatic amines is 2. The van der Waals surface area contributed by atoms with Gasteiger partial charge in [-0.25, -0.2) is 9.97 Å². The zero-order chi connectivity index (χ0) is 25.5. The van der Waals surface area contributed by atoms with Crippen LogP contribution in [0.1, 0.15) is 44.9 Å². The molecule has 0 spiro atoms. The number of hydrogen-bond acceptors (Lipinski definition) is 6. The lowest BCUT2D eigenvalue weighted by Gasteiger charge is -2.27. The van der Waals surface area contributed by atoms with E-state index in [1.165, 1.54) is 19.3 Å². The fourth-order valence-corrected chi connectivity index (χ4v) is 5.84. The molecule has 1 saturated heterocycles. The molecule has 3 N–H and O–H groups in total. The molecule has 4 aromatic heterocycles. The number of carbonyl (C=O) groups is 1. The molecule has 38 heavy (non-hydrogen) atoms. The lowest BCUT2D eigenvalue weighted by atomic mass is 10.0. The van der Waals surface area contributed by atoms with Crippen molar-refractivity contribution in [3.8, 4) is 22.6 Å². The van der Waals surface area contributed by atoms with E-state index >= 15 is 0 Å². The molecular formula is C29H30N8O. The number of fused-ring (bicyclic) bond motifs is 2. The number of imidazole rings is 1. The van der Waals surface area contributed by atoms with Crippen molar-refractivity contribution in [3.63, 3.8) is 0 Å². The van der Waals surface area contributed by atoms with Crippen molar-refractivity contribution in [1.82, 2.24) is 30.1 Å². The summed E-state index contributed by atoms with van der Waals surface area (Å²) in [6.07, 6.45) is 13.2. The second-order valence-electron chi connectivity index (χ2n) is 10.4. The highest BCUT2D eigenvalue weighted by Crippen LogP contribution is 2.33. The lowest BCUT2D eigenvalue weighted by molar-refractivity contribution is -0.119. The molecule has 9 heteroatoms. The summed E-state index contributed by atoms with van der Waals surface area (Å²) in [6, 6.07) is 10.1. The first-order chi connectivity index (χ1) is 18.7. The van der Waals surface area contributed by atoms with Gasteiger partial charge in [-0.15, -0.1) is 0 Å². The molecule has 1 aromatic carbocycles. The van der Waals surface area contributed by atoms with Crippen LogP contribution in [0.5, 0.6) is 0 Å². The zero-order valence-electron chi connectivity index (χ0n) is 21.2. The number of hydrogen-bond donors (Lipinski definition) is 3. The van der Waals surface area contributed by atoms with E-state index in [0.717, 1.165) is 89.0 Å². The van der Waals surface area contributed by atoms with Crippen LogP contribution in [0.25, 0.3) is 44.6 Å². The molecular weight excluding hydrogens is 476 g/mol. The van der Waals surface area contributed by atoms with Gasteiger partial charge in [-0.3, -0.25) is 14.9 Å². The third kappa shape index (κ3) is 4.17. The molecule has 0 atom stereocenters. The van der Waals surface area contributed by atoms with E-state index < -0.39 is 0 Å². The zero-order valence-corrected chi connectivity index (χ0v) is 21.2. The highest BCUT2D eigenvalue weighted by molar-refractivity contribution is 5.97. The maximum atomic E-state index is 12.6. The summed E-state index contributed by atoms with van der Waals surface area (Å²) in [5, 5.41) is 11.8. The van der Waals surface area contributed by atoms with E-state index in [0.29, 0.717) is 5.82 Å². The van der Waals surface area contributed by atoms with E-state index in [1.54, 1.807) is 6.20 Å². The molecule has 1 amide bonds. The lowest BCUT2D eigenvalue weighted by Crippen LogP contribution is -2.30. The van der Waals surface area contributed by atoms with Gasteiger partial charge in [0.15, 0.2) is 11.6 Å². The maximum Gasteiger partial charge on any atom is 0.227 e. The van der Waals surface area contributed by atoms with Crippen LogP contribution in [0.3, 0.4) is 0 Å². The highest BCUT2D eigenvalue weighted by Gasteiger charge is 2.23. The number of H-pyrrole nitrogens is 2. The second kappa shape index (κ2) is 9.55.